The number of rotatable bonds is 10. The second-order valence-corrected chi connectivity index (χ2v) is 16.6. The standard InChI is InChI=1S/C63H46N2/c1-45-43-54(41-42-55(45)61-34-18-22-47-20-9-11-30-58(47)61)65(52-27-6-3-7-28-52)63-36-15-13-32-60(63)50-24-16-23-49(44-50)59-31-12-14-35-62(59)64(51-25-4-2-5-26-51)53-39-37-48(38-40-53)57-33-17-21-46-19-8-10-29-56(46)57/h2-44H,1H3. The summed E-state index contributed by atoms with van der Waals surface area (Å²) in [6.45, 7) is 2.23. The Morgan fingerprint density at radius 3 is 1.25 bits per heavy atom. The number of anilines is 6. The molecular weight excluding hydrogens is 785 g/mol. The lowest BCUT2D eigenvalue weighted by atomic mass is 9.94. The monoisotopic (exact) mass is 830 g/mol. The Balaban J connectivity index is 0.995. The van der Waals surface area contributed by atoms with Crippen molar-refractivity contribution in [2.45, 2.75) is 6.92 Å². The van der Waals surface area contributed by atoms with E-state index in [1.807, 2.05) is 0 Å². The van der Waals surface area contributed by atoms with E-state index in [1.165, 1.54) is 49.4 Å². The summed E-state index contributed by atoms with van der Waals surface area (Å²) >= 11 is 0. The average Bonchev–Trinajstić information content (AvgIpc) is 3.37. The molecule has 0 saturated heterocycles. The van der Waals surface area contributed by atoms with E-state index in [1.54, 1.807) is 0 Å². The van der Waals surface area contributed by atoms with Crippen LogP contribution in [0.3, 0.4) is 0 Å². The van der Waals surface area contributed by atoms with E-state index in [0.29, 0.717) is 0 Å². The van der Waals surface area contributed by atoms with Crippen LogP contribution in [0.2, 0.25) is 0 Å². The SMILES string of the molecule is Cc1cc(N(c2ccccc2)c2ccccc2-c2cccc(-c3ccccc3N(c3ccccc3)c3ccc(-c4cccc5ccccc45)cc3)c2)ccc1-c1cccc2ccccc12. The maximum Gasteiger partial charge on any atom is 0.0540 e. The summed E-state index contributed by atoms with van der Waals surface area (Å²) in [5.41, 5.74) is 17.3. The topological polar surface area (TPSA) is 6.48 Å². The second kappa shape index (κ2) is 17.4. The predicted octanol–water partition coefficient (Wildman–Crippen LogP) is 17.9. The van der Waals surface area contributed by atoms with Gasteiger partial charge in [0.2, 0.25) is 0 Å². The Hall–Kier alpha value is -8.46. The number of nitrogens with zero attached hydrogens (tertiary/aromatic N) is 2. The van der Waals surface area contributed by atoms with Crippen molar-refractivity contribution in [2.75, 3.05) is 9.80 Å². The quantitative estimate of drug-likeness (QED) is 0.135. The lowest BCUT2D eigenvalue weighted by Gasteiger charge is -2.29. The second-order valence-electron chi connectivity index (χ2n) is 16.6. The molecule has 0 amide bonds. The van der Waals surface area contributed by atoms with Gasteiger partial charge in [0.25, 0.3) is 0 Å². The lowest BCUT2D eigenvalue weighted by Crippen LogP contribution is -2.11. The molecule has 11 rings (SSSR count). The molecule has 2 heteroatoms. The molecule has 65 heavy (non-hydrogen) atoms. The van der Waals surface area contributed by atoms with E-state index >= 15 is 0 Å². The Morgan fingerprint density at radius 2 is 0.662 bits per heavy atom. The minimum atomic E-state index is 1.09. The Bertz CT molecular complexity index is 3440. The molecule has 0 aliphatic rings. The molecule has 0 bridgehead atoms. The van der Waals surface area contributed by atoms with E-state index < -0.39 is 0 Å². The Kier molecular flexibility index (Phi) is 10.5. The molecule has 0 unspecified atom stereocenters. The number of hydrogen-bond acceptors (Lipinski definition) is 2. The molecule has 0 spiro atoms. The molecule has 308 valence electrons. The van der Waals surface area contributed by atoms with Gasteiger partial charge in [0, 0.05) is 33.9 Å². The van der Waals surface area contributed by atoms with Gasteiger partial charge in [-0.3, -0.25) is 0 Å². The molecule has 0 fully saturated rings. The first kappa shape index (κ1) is 39.4. The molecule has 0 aliphatic carbocycles. The van der Waals surface area contributed by atoms with Crippen LogP contribution in [0.5, 0.6) is 0 Å². The molecular formula is C63H46N2. The van der Waals surface area contributed by atoms with Crippen molar-refractivity contribution in [3.63, 3.8) is 0 Å². The van der Waals surface area contributed by atoms with Crippen LogP contribution in [0.25, 0.3) is 66.1 Å². The number of para-hydroxylation sites is 4. The lowest BCUT2D eigenvalue weighted by molar-refractivity contribution is 1.27. The van der Waals surface area contributed by atoms with Crippen LogP contribution in [0.4, 0.5) is 34.1 Å². The van der Waals surface area contributed by atoms with Gasteiger partial charge in [-0.2, -0.15) is 0 Å². The predicted molar refractivity (Wildman–Crippen MR) is 277 cm³/mol. The number of aryl methyl sites for hydroxylation is 1. The number of hydrogen-bond donors (Lipinski definition) is 0. The summed E-state index contributed by atoms with van der Waals surface area (Å²) in [6.07, 6.45) is 0. The highest BCUT2D eigenvalue weighted by atomic mass is 15.1. The molecule has 0 atom stereocenters. The fraction of sp³-hybridized carbons (Fsp3) is 0.0159. The molecule has 11 aromatic rings. The van der Waals surface area contributed by atoms with E-state index in [4.69, 9.17) is 0 Å². The molecule has 0 saturated carbocycles. The van der Waals surface area contributed by atoms with Crippen molar-refractivity contribution in [3.8, 4) is 44.5 Å². The van der Waals surface area contributed by atoms with Crippen molar-refractivity contribution < 1.29 is 0 Å². The normalized spacial score (nSPS) is 11.2. The van der Waals surface area contributed by atoms with Crippen molar-refractivity contribution in [2.24, 2.45) is 0 Å². The molecule has 0 aromatic heterocycles. The van der Waals surface area contributed by atoms with Gasteiger partial charge >= 0.3 is 0 Å². The third kappa shape index (κ3) is 7.62. The summed E-state index contributed by atoms with van der Waals surface area (Å²) in [5, 5.41) is 5.01. The van der Waals surface area contributed by atoms with E-state index in [9.17, 15) is 0 Å². The van der Waals surface area contributed by atoms with Gasteiger partial charge in [-0.15, -0.1) is 0 Å². The van der Waals surface area contributed by atoms with Crippen LogP contribution in [-0.4, -0.2) is 0 Å². The average molecular weight is 831 g/mol. The van der Waals surface area contributed by atoms with E-state index in [2.05, 4.69) is 278 Å². The van der Waals surface area contributed by atoms with Crippen LogP contribution < -0.4 is 9.80 Å². The van der Waals surface area contributed by atoms with Crippen LogP contribution >= 0.6 is 0 Å². The van der Waals surface area contributed by atoms with Crippen molar-refractivity contribution in [1.29, 1.82) is 0 Å². The van der Waals surface area contributed by atoms with Gasteiger partial charge in [-0.1, -0.05) is 194 Å². The minimum Gasteiger partial charge on any atom is -0.310 e. The fourth-order valence-corrected chi connectivity index (χ4v) is 9.50. The largest absolute Gasteiger partial charge is 0.310 e. The van der Waals surface area contributed by atoms with E-state index in [-0.39, 0.29) is 0 Å². The fourth-order valence-electron chi connectivity index (χ4n) is 9.50. The summed E-state index contributed by atoms with van der Waals surface area (Å²) in [4.78, 5) is 4.78. The molecule has 0 radical (unpaired) electrons. The third-order valence-electron chi connectivity index (χ3n) is 12.6. The molecule has 11 aromatic carbocycles. The Labute approximate surface area is 381 Å². The highest BCUT2D eigenvalue weighted by Crippen LogP contribution is 2.45. The molecule has 0 N–H and O–H groups in total. The molecule has 0 aliphatic heterocycles. The highest BCUT2D eigenvalue weighted by Gasteiger charge is 2.21. The number of fused-ring (bicyclic) bond motifs is 2. The highest BCUT2D eigenvalue weighted by molar-refractivity contribution is 5.99. The van der Waals surface area contributed by atoms with Gasteiger partial charge in [0.05, 0.1) is 11.4 Å². The Morgan fingerprint density at radius 1 is 0.246 bits per heavy atom. The summed E-state index contributed by atoms with van der Waals surface area (Å²) in [5.74, 6) is 0. The smallest absolute Gasteiger partial charge is 0.0540 e. The van der Waals surface area contributed by atoms with Gasteiger partial charge in [0.15, 0.2) is 0 Å². The van der Waals surface area contributed by atoms with Gasteiger partial charge in [0.1, 0.15) is 0 Å². The molecule has 2 nitrogen and oxygen atoms in total. The van der Waals surface area contributed by atoms with Gasteiger partial charge in [-0.25, -0.2) is 0 Å². The van der Waals surface area contributed by atoms with Crippen LogP contribution in [0, 0.1) is 6.92 Å². The first-order valence-corrected chi connectivity index (χ1v) is 22.3. The zero-order chi connectivity index (χ0) is 43.5. The number of benzene rings is 11. The van der Waals surface area contributed by atoms with Gasteiger partial charge in [-0.05, 0) is 134 Å². The molecule has 0 heterocycles. The zero-order valence-electron chi connectivity index (χ0n) is 36.2. The van der Waals surface area contributed by atoms with Gasteiger partial charge < -0.3 is 9.80 Å². The first-order valence-electron chi connectivity index (χ1n) is 22.3. The maximum atomic E-state index is 2.40. The summed E-state index contributed by atoms with van der Waals surface area (Å²) < 4.78 is 0. The summed E-state index contributed by atoms with van der Waals surface area (Å²) in [7, 11) is 0. The van der Waals surface area contributed by atoms with Crippen LogP contribution in [0.15, 0.2) is 261 Å². The van der Waals surface area contributed by atoms with Crippen molar-refractivity contribution in [1.82, 2.24) is 0 Å². The van der Waals surface area contributed by atoms with E-state index in [0.717, 1.165) is 56.4 Å². The third-order valence-corrected chi connectivity index (χ3v) is 12.6. The maximum absolute atomic E-state index is 2.40. The zero-order valence-corrected chi connectivity index (χ0v) is 36.2. The minimum absolute atomic E-state index is 1.09. The first-order chi connectivity index (χ1) is 32.2. The van der Waals surface area contributed by atoms with Crippen molar-refractivity contribution in [3.05, 3.63) is 266 Å². The van der Waals surface area contributed by atoms with Crippen LogP contribution in [-0.2, 0) is 0 Å². The van der Waals surface area contributed by atoms with Crippen molar-refractivity contribution >= 4 is 55.7 Å². The van der Waals surface area contributed by atoms with Crippen LogP contribution in [0.1, 0.15) is 5.56 Å². The summed E-state index contributed by atoms with van der Waals surface area (Å²) in [6, 6.07) is 94.3.